The van der Waals surface area contributed by atoms with Gasteiger partial charge in [0.05, 0.1) is 0 Å². The molecule has 0 aliphatic heterocycles. The number of nitrogens with zero attached hydrogens (tertiary/aromatic N) is 2. The van der Waals surface area contributed by atoms with E-state index in [2.05, 4.69) is 10.3 Å². The first-order chi connectivity index (χ1) is 11.1. The van der Waals surface area contributed by atoms with Crippen molar-refractivity contribution in [3.05, 3.63) is 59.9 Å². The van der Waals surface area contributed by atoms with Crippen LogP contribution >= 0.6 is 0 Å². The van der Waals surface area contributed by atoms with E-state index in [1.807, 2.05) is 43.3 Å². The minimum Gasteiger partial charge on any atom is -0.345 e. The molecule has 0 radical (unpaired) electrons. The molecule has 1 aromatic heterocycles. The summed E-state index contributed by atoms with van der Waals surface area (Å²) in [5, 5.41) is 2.78. The average Bonchev–Trinajstić information content (AvgIpc) is 2.55. The zero-order valence-corrected chi connectivity index (χ0v) is 13.5. The van der Waals surface area contributed by atoms with Crippen LogP contribution in [0.1, 0.15) is 17.5 Å². The van der Waals surface area contributed by atoms with E-state index in [1.54, 1.807) is 24.3 Å². The Morgan fingerprint density at radius 2 is 1.83 bits per heavy atom. The second-order valence-electron chi connectivity index (χ2n) is 5.46. The van der Waals surface area contributed by atoms with Gasteiger partial charge >= 0.3 is 0 Å². The number of aryl methyl sites for hydroxylation is 1. The van der Waals surface area contributed by atoms with E-state index in [4.69, 9.17) is 0 Å². The normalized spacial score (nSPS) is 10.2. The Kier molecular flexibility index (Phi) is 5.86. The largest absolute Gasteiger partial charge is 0.345 e. The average molecular weight is 311 g/mol. The van der Waals surface area contributed by atoms with Crippen molar-refractivity contribution in [2.24, 2.45) is 0 Å². The molecule has 0 atom stereocenters. The molecule has 0 aliphatic carbocycles. The molecule has 2 rings (SSSR count). The maximum absolute atomic E-state index is 12.1. The SMILES string of the molecule is Cc1ccccc1NC(=O)CC(=O)N(C)CCc1ccncc1. The number of likely N-dealkylation sites (N-methyl/N-ethyl adjacent to an activating group) is 1. The van der Waals surface area contributed by atoms with Gasteiger partial charge in [0.15, 0.2) is 0 Å². The highest BCUT2D eigenvalue weighted by molar-refractivity contribution is 6.03. The fourth-order valence-corrected chi connectivity index (χ4v) is 2.15. The molecule has 0 unspecified atom stereocenters. The molecule has 0 saturated heterocycles. The van der Waals surface area contributed by atoms with Crippen molar-refractivity contribution in [1.29, 1.82) is 0 Å². The number of para-hydroxylation sites is 1. The predicted molar refractivity (Wildman–Crippen MR) is 90.0 cm³/mol. The van der Waals surface area contributed by atoms with Crippen LogP contribution in [0.5, 0.6) is 0 Å². The fourth-order valence-electron chi connectivity index (χ4n) is 2.15. The van der Waals surface area contributed by atoms with Crippen LogP contribution in [0.2, 0.25) is 0 Å². The van der Waals surface area contributed by atoms with Crippen molar-refractivity contribution in [3.8, 4) is 0 Å². The first-order valence-electron chi connectivity index (χ1n) is 7.54. The number of hydrogen-bond acceptors (Lipinski definition) is 3. The molecule has 0 fully saturated rings. The third kappa shape index (κ3) is 5.21. The van der Waals surface area contributed by atoms with Crippen LogP contribution in [0, 0.1) is 6.92 Å². The molecule has 1 heterocycles. The number of carbonyl (C=O) groups is 2. The summed E-state index contributed by atoms with van der Waals surface area (Å²) in [5.74, 6) is -0.481. The number of hydrogen-bond donors (Lipinski definition) is 1. The zero-order valence-electron chi connectivity index (χ0n) is 13.5. The number of pyridine rings is 1. The standard InChI is InChI=1S/C18H21N3O2/c1-14-5-3-4-6-16(14)20-17(22)13-18(23)21(2)12-9-15-7-10-19-11-8-15/h3-8,10-11H,9,12-13H2,1-2H3,(H,20,22). The van der Waals surface area contributed by atoms with Gasteiger partial charge in [-0.05, 0) is 42.7 Å². The lowest BCUT2D eigenvalue weighted by atomic mass is 10.2. The molecular weight excluding hydrogens is 290 g/mol. The molecule has 2 amide bonds. The maximum atomic E-state index is 12.1. The van der Waals surface area contributed by atoms with Gasteiger partial charge in [0.1, 0.15) is 6.42 Å². The smallest absolute Gasteiger partial charge is 0.233 e. The molecule has 0 spiro atoms. The van der Waals surface area contributed by atoms with Crippen LogP contribution in [0.3, 0.4) is 0 Å². The Morgan fingerprint density at radius 1 is 1.13 bits per heavy atom. The molecule has 0 saturated carbocycles. The highest BCUT2D eigenvalue weighted by Gasteiger charge is 2.14. The van der Waals surface area contributed by atoms with Gasteiger partial charge in [-0.25, -0.2) is 0 Å². The van der Waals surface area contributed by atoms with Gasteiger partial charge in [0.2, 0.25) is 11.8 Å². The minimum absolute atomic E-state index is 0.152. The quantitative estimate of drug-likeness (QED) is 0.833. The van der Waals surface area contributed by atoms with E-state index in [0.29, 0.717) is 6.54 Å². The van der Waals surface area contributed by atoms with Gasteiger partial charge in [0, 0.05) is 31.7 Å². The predicted octanol–water partition coefficient (Wildman–Crippen LogP) is 2.42. The van der Waals surface area contributed by atoms with E-state index in [-0.39, 0.29) is 18.2 Å². The third-order valence-electron chi connectivity index (χ3n) is 3.64. The molecule has 2 aromatic rings. The van der Waals surface area contributed by atoms with Crippen LogP contribution in [0.4, 0.5) is 5.69 Å². The first-order valence-corrected chi connectivity index (χ1v) is 7.54. The Hall–Kier alpha value is -2.69. The van der Waals surface area contributed by atoms with Gasteiger partial charge in [-0.15, -0.1) is 0 Å². The molecule has 0 bridgehead atoms. The summed E-state index contributed by atoms with van der Waals surface area (Å²) >= 11 is 0. The highest BCUT2D eigenvalue weighted by atomic mass is 16.2. The van der Waals surface area contributed by atoms with Crippen LogP contribution in [0.25, 0.3) is 0 Å². The molecule has 1 N–H and O–H groups in total. The molecule has 5 heteroatoms. The Balaban J connectivity index is 1.81. The second-order valence-corrected chi connectivity index (χ2v) is 5.46. The van der Waals surface area contributed by atoms with E-state index >= 15 is 0 Å². The topological polar surface area (TPSA) is 62.3 Å². The molecule has 5 nitrogen and oxygen atoms in total. The Bertz CT molecular complexity index is 671. The highest BCUT2D eigenvalue weighted by Crippen LogP contribution is 2.13. The fraction of sp³-hybridized carbons (Fsp3) is 0.278. The minimum atomic E-state index is -0.292. The van der Waals surface area contributed by atoms with Crippen molar-refractivity contribution in [1.82, 2.24) is 9.88 Å². The van der Waals surface area contributed by atoms with Crippen LogP contribution in [-0.4, -0.2) is 35.3 Å². The van der Waals surface area contributed by atoms with E-state index < -0.39 is 0 Å². The van der Waals surface area contributed by atoms with Gasteiger partial charge in [-0.3, -0.25) is 14.6 Å². The summed E-state index contributed by atoms with van der Waals surface area (Å²) in [6, 6.07) is 11.3. The van der Waals surface area contributed by atoms with Gasteiger partial charge < -0.3 is 10.2 Å². The number of benzene rings is 1. The van der Waals surface area contributed by atoms with Gasteiger partial charge in [0.25, 0.3) is 0 Å². The first kappa shape index (κ1) is 16.7. The molecule has 1 aromatic carbocycles. The lowest BCUT2D eigenvalue weighted by Crippen LogP contribution is -2.32. The van der Waals surface area contributed by atoms with E-state index in [0.717, 1.165) is 23.2 Å². The van der Waals surface area contributed by atoms with Crippen molar-refractivity contribution in [2.75, 3.05) is 18.9 Å². The van der Waals surface area contributed by atoms with E-state index in [1.165, 1.54) is 0 Å². The van der Waals surface area contributed by atoms with Crippen molar-refractivity contribution >= 4 is 17.5 Å². The summed E-state index contributed by atoms with van der Waals surface area (Å²) in [6.07, 6.45) is 4.05. The lowest BCUT2D eigenvalue weighted by molar-refractivity contribution is -0.133. The molecule has 0 aliphatic rings. The Labute approximate surface area is 136 Å². The Morgan fingerprint density at radius 3 is 2.52 bits per heavy atom. The number of anilines is 1. The summed E-state index contributed by atoms with van der Waals surface area (Å²) in [6.45, 7) is 2.48. The number of aromatic nitrogens is 1. The second kappa shape index (κ2) is 8.08. The van der Waals surface area contributed by atoms with Crippen LogP contribution < -0.4 is 5.32 Å². The molecular formula is C18H21N3O2. The zero-order chi connectivity index (χ0) is 16.7. The molecule has 120 valence electrons. The summed E-state index contributed by atoms with van der Waals surface area (Å²) in [7, 11) is 1.71. The lowest BCUT2D eigenvalue weighted by Gasteiger charge is -2.17. The van der Waals surface area contributed by atoms with Crippen LogP contribution in [0.15, 0.2) is 48.8 Å². The summed E-state index contributed by atoms with van der Waals surface area (Å²) < 4.78 is 0. The van der Waals surface area contributed by atoms with Crippen LogP contribution in [-0.2, 0) is 16.0 Å². The molecule has 23 heavy (non-hydrogen) atoms. The van der Waals surface area contributed by atoms with E-state index in [9.17, 15) is 9.59 Å². The number of rotatable bonds is 6. The van der Waals surface area contributed by atoms with Gasteiger partial charge in [-0.1, -0.05) is 18.2 Å². The van der Waals surface area contributed by atoms with Crippen molar-refractivity contribution in [2.45, 2.75) is 19.8 Å². The number of amides is 2. The maximum Gasteiger partial charge on any atom is 0.233 e. The summed E-state index contributed by atoms with van der Waals surface area (Å²) in [4.78, 5) is 29.6. The van der Waals surface area contributed by atoms with Crippen molar-refractivity contribution < 1.29 is 9.59 Å². The van der Waals surface area contributed by atoms with Gasteiger partial charge in [-0.2, -0.15) is 0 Å². The number of carbonyl (C=O) groups excluding carboxylic acids is 2. The monoisotopic (exact) mass is 311 g/mol. The summed E-state index contributed by atoms with van der Waals surface area (Å²) in [5.41, 5.74) is 2.83. The third-order valence-corrected chi connectivity index (χ3v) is 3.64. The van der Waals surface area contributed by atoms with Crippen molar-refractivity contribution in [3.63, 3.8) is 0 Å². The number of nitrogens with one attached hydrogen (secondary N) is 1.